The average molecular weight is 268 g/mol. The molecule has 2 N–H and O–H groups in total. The minimum atomic E-state index is -0.280. The Hall–Kier alpha value is -0.0200. The zero-order valence-corrected chi connectivity index (χ0v) is 11.1. The van der Waals surface area contributed by atoms with Crippen LogP contribution in [0.15, 0.2) is 6.20 Å². The summed E-state index contributed by atoms with van der Waals surface area (Å²) in [5, 5.41) is 1.02. The lowest BCUT2D eigenvalue weighted by Gasteiger charge is -2.28. The summed E-state index contributed by atoms with van der Waals surface area (Å²) in [6, 6.07) is -0.280. The van der Waals surface area contributed by atoms with Crippen LogP contribution in [0.5, 0.6) is 0 Å². The van der Waals surface area contributed by atoms with Crippen molar-refractivity contribution in [3.05, 3.63) is 27.0 Å². The maximum atomic E-state index is 6.09. The molecule has 0 aliphatic carbocycles. The standard InChI is InChI=1S/C10H13Cl3N2/c1-10(2,3)8(14)6-5(11)4-15-9(13)7(6)12/h4,8H,14H2,1-3H3/t8-/m1/s1. The van der Waals surface area contributed by atoms with Gasteiger partial charge in [-0.3, -0.25) is 0 Å². The van der Waals surface area contributed by atoms with Crippen molar-refractivity contribution in [2.24, 2.45) is 11.1 Å². The van der Waals surface area contributed by atoms with Gasteiger partial charge < -0.3 is 5.73 Å². The number of pyridine rings is 1. The zero-order chi connectivity index (χ0) is 11.8. The molecule has 0 saturated heterocycles. The van der Waals surface area contributed by atoms with E-state index in [1.165, 1.54) is 6.20 Å². The van der Waals surface area contributed by atoms with E-state index in [-0.39, 0.29) is 16.6 Å². The van der Waals surface area contributed by atoms with Crippen LogP contribution < -0.4 is 5.73 Å². The summed E-state index contributed by atoms with van der Waals surface area (Å²) >= 11 is 17.9. The Bertz CT molecular complexity index is 372. The first-order chi connectivity index (χ1) is 6.75. The van der Waals surface area contributed by atoms with Gasteiger partial charge in [-0.2, -0.15) is 0 Å². The molecule has 1 rings (SSSR count). The second-order valence-corrected chi connectivity index (χ2v) is 5.61. The van der Waals surface area contributed by atoms with E-state index in [9.17, 15) is 0 Å². The molecule has 5 heteroatoms. The maximum Gasteiger partial charge on any atom is 0.148 e. The Labute approximate surface area is 105 Å². The van der Waals surface area contributed by atoms with Crippen LogP contribution in [-0.2, 0) is 0 Å². The molecule has 84 valence electrons. The van der Waals surface area contributed by atoms with Crippen molar-refractivity contribution < 1.29 is 0 Å². The van der Waals surface area contributed by atoms with Gasteiger partial charge in [0.2, 0.25) is 0 Å². The molecule has 0 aliphatic rings. The first-order valence-electron chi connectivity index (χ1n) is 4.50. The van der Waals surface area contributed by atoms with Gasteiger partial charge in [0.1, 0.15) is 5.15 Å². The molecule has 0 spiro atoms. The molecule has 1 heterocycles. The highest BCUT2D eigenvalue weighted by Crippen LogP contribution is 2.40. The Morgan fingerprint density at radius 1 is 1.27 bits per heavy atom. The summed E-state index contributed by atoms with van der Waals surface area (Å²) in [5.41, 5.74) is 6.60. The molecule has 0 aromatic carbocycles. The van der Waals surface area contributed by atoms with E-state index in [1.807, 2.05) is 20.8 Å². The number of hydrogen-bond acceptors (Lipinski definition) is 2. The smallest absolute Gasteiger partial charge is 0.148 e. The van der Waals surface area contributed by atoms with Gasteiger partial charge in [-0.1, -0.05) is 55.6 Å². The van der Waals surface area contributed by atoms with Gasteiger partial charge in [0.15, 0.2) is 0 Å². The second kappa shape index (κ2) is 4.46. The summed E-state index contributed by atoms with van der Waals surface area (Å²) in [6.07, 6.45) is 1.47. The predicted octanol–water partition coefficient (Wildman–Crippen LogP) is 4.09. The molecule has 0 bridgehead atoms. The SMILES string of the molecule is CC(C)(C)[C@H](N)c1c(Cl)cnc(Cl)c1Cl. The first-order valence-corrected chi connectivity index (χ1v) is 5.63. The fourth-order valence-corrected chi connectivity index (χ4v) is 1.90. The molecule has 2 nitrogen and oxygen atoms in total. The Morgan fingerprint density at radius 3 is 2.27 bits per heavy atom. The average Bonchev–Trinajstić information content (AvgIpc) is 2.10. The summed E-state index contributed by atoms with van der Waals surface area (Å²) < 4.78 is 0. The highest BCUT2D eigenvalue weighted by atomic mass is 35.5. The molecule has 1 atom stereocenters. The number of nitrogens with two attached hydrogens (primary N) is 1. The molecule has 0 amide bonds. The van der Waals surface area contributed by atoms with Crippen LogP contribution in [-0.4, -0.2) is 4.98 Å². The van der Waals surface area contributed by atoms with Gasteiger partial charge in [-0.15, -0.1) is 0 Å². The van der Waals surface area contributed by atoms with Gasteiger partial charge in [-0.05, 0) is 5.41 Å². The molecule has 0 fully saturated rings. The van der Waals surface area contributed by atoms with E-state index in [4.69, 9.17) is 40.5 Å². The normalized spacial score (nSPS) is 14.1. The lowest BCUT2D eigenvalue weighted by molar-refractivity contribution is 0.327. The molecule has 1 aromatic heterocycles. The fraction of sp³-hybridized carbons (Fsp3) is 0.500. The van der Waals surface area contributed by atoms with Crippen LogP contribution in [0, 0.1) is 5.41 Å². The third-order valence-electron chi connectivity index (χ3n) is 2.21. The maximum absolute atomic E-state index is 6.09. The summed E-state index contributed by atoms with van der Waals surface area (Å²) in [6.45, 7) is 6.04. The Balaban J connectivity index is 3.31. The first kappa shape index (κ1) is 13.0. The van der Waals surface area contributed by atoms with E-state index in [0.29, 0.717) is 15.6 Å². The van der Waals surface area contributed by atoms with E-state index in [0.717, 1.165) is 0 Å². The van der Waals surface area contributed by atoms with Crippen molar-refractivity contribution in [2.75, 3.05) is 0 Å². The fourth-order valence-electron chi connectivity index (χ4n) is 1.17. The topological polar surface area (TPSA) is 38.9 Å². The van der Waals surface area contributed by atoms with Gasteiger partial charge >= 0.3 is 0 Å². The third kappa shape index (κ3) is 2.76. The Morgan fingerprint density at radius 2 is 1.80 bits per heavy atom. The van der Waals surface area contributed by atoms with Crippen LogP contribution in [0.25, 0.3) is 0 Å². The lowest BCUT2D eigenvalue weighted by Crippen LogP contribution is -2.27. The van der Waals surface area contributed by atoms with Crippen LogP contribution in [0.1, 0.15) is 32.4 Å². The number of halogens is 3. The molecule has 1 aromatic rings. The number of nitrogens with zero attached hydrogens (tertiary/aromatic N) is 1. The molecule has 0 saturated carbocycles. The zero-order valence-electron chi connectivity index (χ0n) is 8.81. The number of rotatable bonds is 1. The lowest BCUT2D eigenvalue weighted by atomic mass is 9.83. The van der Waals surface area contributed by atoms with Crippen LogP contribution in [0.2, 0.25) is 15.2 Å². The Kier molecular flexibility index (Phi) is 3.88. The van der Waals surface area contributed by atoms with Crippen LogP contribution in [0.4, 0.5) is 0 Å². The van der Waals surface area contributed by atoms with Crippen molar-refractivity contribution in [3.63, 3.8) is 0 Å². The van der Waals surface area contributed by atoms with Crippen LogP contribution in [0.3, 0.4) is 0 Å². The molecule has 0 unspecified atom stereocenters. The van der Waals surface area contributed by atoms with Crippen molar-refractivity contribution in [1.82, 2.24) is 4.98 Å². The minimum absolute atomic E-state index is 0.141. The van der Waals surface area contributed by atoms with E-state index < -0.39 is 0 Å². The van der Waals surface area contributed by atoms with Gasteiger partial charge in [-0.25, -0.2) is 4.98 Å². The minimum Gasteiger partial charge on any atom is -0.323 e. The monoisotopic (exact) mass is 266 g/mol. The van der Waals surface area contributed by atoms with Crippen LogP contribution >= 0.6 is 34.8 Å². The van der Waals surface area contributed by atoms with Gasteiger partial charge in [0, 0.05) is 17.8 Å². The highest BCUT2D eigenvalue weighted by molar-refractivity contribution is 6.43. The molecule has 0 aliphatic heterocycles. The van der Waals surface area contributed by atoms with E-state index in [2.05, 4.69) is 4.98 Å². The van der Waals surface area contributed by atoms with E-state index in [1.54, 1.807) is 0 Å². The molecule has 0 radical (unpaired) electrons. The van der Waals surface area contributed by atoms with E-state index >= 15 is 0 Å². The van der Waals surface area contributed by atoms with Gasteiger partial charge in [0.25, 0.3) is 0 Å². The summed E-state index contributed by atoms with van der Waals surface area (Å²) in [5.74, 6) is 0. The summed E-state index contributed by atoms with van der Waals surface area (Å²) in [7, 11) is 0. The highest BCUT2D eigenvalue weighted by Gasteiger charge is 2.27. The predicted molar refractivity (Wildman–Crippen MR) is 65.7 cm³/mol. The third-order valence-corrected chi connectivity index (χ3v) is 3.28. The van der Waals surface area contributed by atoms with Crippen molar-refractivity contribution in [2.45, 2.75) is 26.8 Å². The largest absolute Gasteiger partial charge is 0.323 e. The second-order valence-electron chi connectivity index (χ2n) is 4.47. The molecular weight excluding hydrogens is 254 g/mol. The van der Waals surface area contributed by atoms with Crippen molar-refractivity contribution in [1.29, 1.82) is 0 Å². The summed E-state index contributed by atoms with van der Waals surface area (Å²) in [4.78, 5) is 3.85. The number of hydrogen-bond donors (Lipinski definition) is 1. The molecular formula is C10H13Cl3N2. The quantitative estimate of drug-likeness (QED) is 0.779. The number of aromatic nitrogens is 1. The molecule has 15 heavy (non-hydrogen) atoms. The van der Waals surface area contributed by atoms with Gasteiger partial charge in [0.05, 0.1) is 10.0 Å². The van der Waals surface area contributed by atoms with Crippen molar-refractivity contribution >= 4 is 34.8 Å². The van der Waals surface area contributed by atoms with Crippen molar-refractivity contribution in [3.8, 4) is 0 Å².